The van der Waals surface area contributed by atoms with Crippen LogP contribution >= 0.6 is 0 Å². The fourth-order valence-corrected chi connectivity index (χ4v) is 8.24. The molecule has 2 saturated heterocycles. The average molecular weight is 666 g/mol. The van der Waals surface area contributed by atoms with Gasteiger partial charge >= 0.3 is 5.97 Å². The van der Waals surface area contributed by atoms with Gasteiger partial charge in [0.25, 0.3) is 11.8 Å². The van der Waals surface area contributed by atoms with Crippen molar-refractivity contribution in [3.8, 4) is 0 Å². The van der Waals surface area contributed by atoms with Crippen molar-refractivity contribution in [1.82, 2.24) is 25.4 Å². The predicted molar refractivity (Wildman–Crippen MR) is 190 cm³/mol. The van der Waals surface area contributed by atoms with Gasteiger partial charge in [-0.2, -0.15) is 0 Å². The van der Waals surface area contributed by atoms with E-state index in [2.05, 4.69) is 33.4 Å². The Morgan fingerprint density at radius 3 is 2.51 bits per heavy atom. The van der Waals surface area contributed by atoms with Crippen LogP contribution in [0.4, 0.5) is 0 Å². The normalized spacial score (nSPS) is 21.7. The molecule has 1 saturated carbocycles. The number of piperidine rings is 1. The molecule has 3 aromatic rings. The van der Waals surface area contributed by atoms with Crippen LogP contribution in [0, 0.1) is 17.3 Å². The lowest BCUT2D eigenvalue weighted by Gasteiger charge is -2.36. The fraction of sp³-hybridized carbons (Fsp3) is 0.550. The highest BCUT2D eigenvalue weighted by atomic mass is 16.5. The van der Waals surface area contributed by atoms with Gasteiger partial charge in [0.1, 0.15) is 0 Å². The van der Waals surface area contributed by atoms with Crippen LogP contribution in [-0.4, -0.2) is 85.5 Å². The number of hydrogen-bond acceptors (Lipinski definition) is 7. The molecule has 2 aromatic carbocycles. The van der Waals surface area contributed by atoms with E-state index < -0.39 is 0 Å². The van der Waals surface area contributed by atoms with Gasteiger partial charge in [0.05, 0.1) is 24.7 Å². The number of aromatic nitrogens is 1. The number of ether oxygens (including phenoxy) is 1. The van der Waals surface area contributed by atoms with E-state index in [1.807, 2.05) is 49.5 Å². The number of rotatable bonds is 11. The number of esters is 1. The van der Waals surface area contributed by atoms with E-state index in [1.54, 1.807) is 0 Å². The maximum absolute atomic E-state index is 13.9. The van der Waals surface area contributed by atoms with Gasteiger partial charge in [0, 0.05) is 48.3 Å². The SMILES string of the molecule is COC(=O)CC1CCN(CCC(NC(=O)c2ccc3nc4c(cc3c2)CC(C2(C)CC2)CC4)c2cccc(C(=O)NC3CN(C)C3)c2)CC1. The molecule has 260 valence electrons. The highest BCUT2D eigenvalue weighted by molar-refractivity contribution is 5.98. The van der Waals surface area contributed by atoms with Crippen LogP contribution < -0.4 is 10.6 Å². The highest BCUT2D eigenvalue weighted by Crippen LogP contribution is 2.55. The molecule has 2 aliphatic carbocycles. The van der Waals surface area contributed by atoms with Crippen LogP contribution in [0.3, 0.4) is 0 Å². The minimum atomic E-state index is -0.278. The molecule has 2 N–H and O–H groups in total. The van der Waals surface area contributed by atoms with Gasteiger partial charge in [0.2, 0.25) is 0 Å². The second-order valence-corrected chi connectivity index (χ2v) is 15.5. The Hall–Kier alpha value is -3.82. The molecule has 0 radical (unpaired) electrons. The topological polar surface area (TPSA) is 104 Å². The van der Waals surface area contributed by atoms with Gasteiger partial charge in [-0.1, -0.05) is 19.1 Å². The summed E-state index contributed by atoms with van der Waals surface area (Å²) < 4.78 is 4.88. The number of nitrogens with zero attached hydrogens (tertiary/aromatic N) is 3. The fourth-order valence-electron chi connectivity index (χ4n) is 8.24. The lowest BCUT2D eigenvalue weighted by Crippen LogP contribution is -2.57. The number of pyridine rings is 1. The third-order valence-corrected chi connectivity index (χ3v) is 11.8. The number of likely N-dealkylation sites (N-methyl/N-ethyl adjacent to an activating group) is 1. The lowest BCUT2D eigenvalue weighted by molar-refractivity contribution is -0.142. The molecule has 2 amide bonds. The first-order valence-electron chi connectivity index (χ1n) is 18.3. The van der Waals surface area contributed by atoms with Crippen LogP contribution in [0.25, 0.3) is 10.9 Å². The third-order valence-electron chi connectivity index (χ3n) is 11.8. The molecule has 1 aromatic heterocycles. The first kappa shape index (κ1) is 33.7. The van der Waals surface area contributed by atoms with Crippen molar-refractivity contribution < 1.29 is 19.1 Å². The lowest BCUT2D eigenvalue weighted by atomic mass is 9.77. The second-order valence-electron chi connectivity index (χ2n) is 15.5. The van der Waals surface area contributed by atoms with Crippen molar-refractivity contribution in [2.75, 3.05) is 46.9 Å². The Morgan fingerprint density at radius 1 is 1.00 bits per heavy atom. The van der Waals surface area contributed by atoms with Crippen LogP contribution in [-0.2, 0) is 22.4 Å². The van der Waals surface area contributed by atoms with Gasteiger partial charge in [-0.3, -0.25) is 19.4 Å². The first-order valence-corrected chi connectivity index (χ1v) is 18.3. The molecule has 2 aliphatic heterocycles. The molecular weight excluding hydrogens is 614 g/mol. The molecule has 0 spiro atoms. The summed E-state index contributed by atoms with van der Waals surface area (Å²) in [5.74, 6) is 0.715. The molecule has 3 heterocycles. The number of hydrogen-bond donors (Lipinski definition) is 2. The number of likely N-dealkylation sites (tertiary alicyclic amines) is 2. The van der Waals surface area contributed by atoms with Crippen molar-refractivity contribution in [2.45, 2.75) is 76.8 Å². The summed E-state index contributed by atoms with van der Waals surface area (Å²) in [6, 6.07) is 15.7. The number of amides is 2. The monoisotopic (exact) mass is 665 g/mol. The predicted octanol–water partition coefficient (Wildman–Crippen LogP) is 5.32. The summed E-state index contributed by atoms with van der Waals surface area (Å²) in [7, 11) is 3.49. The molecule has 0 bridgehead atoms. The van der Waals surface area contributed by atoms with E-state index in [4.69, 9.17) is 9.72 Å². The minimum Gasteiger partial charge on any atom is -0.469 e. The maximum Gasteiger partial charge on any atom is 0.305 e. The quantitative estimate of drug-likeness (QED) is 0.267. The molecule has 9 nitrogen and oxygen atoms in total. The Kier molecular flexibility index (Phi) is 9.75. The largest absolute Gasteiger partial charge is 0.469 e. The number of carbonyl (C=O) groups is 3. The zero-order valence-corrected chi connectivity index (χ0v) is 29.3. The minimum absolute atomic E-state index is 0.0824. The van der Waals surface area contributed by atoms with Gasteiger partial charge in [-0.15, -0.1) is 0 Å². The molecule has 2 unspecified atom stereocenters. The smallest absolute Gasteiger partial charge is 0.305 e. The van der Waals surface area contributed by atoms with Crippen LogP contribution in [0.15, 0.2) is 48.5 Å². The first-order chi connectivity index (χ1) is 23.7. The number of fused-ring (bicyclic) bond motifs is 2. The van der Waals surface area contributed by atoms with Crippen molar-refractivity contribution in [2.24, 2.45) is 17.3 Å². The van der Waals surface area contributed by atoms with Gasteiger partial charge in [-0.05, 0) is 136 Å². The zero-order valence-electron chi connectivity index (χ0n) is 29.3. The number of carbonyl (C=O) groups excluding carboxylic acids is 3. The zero-order chi connectivity index (χ0) is 34.1. The average Bonchev–Trinajstić information content (AvgIpc) is 3.86. The Bertz CT molecular complexity index is 1710. The molecule has 9 heteroatoms. The van der Waals surface area contributed by atoms with Crippen molar-refractivity contribution in [3.63, 3.8) is 0 Å². The second kappa shape index (κ2) is 14.2. The van der Waals surface area contributed by atoms with E-state index in [-0.39, 0.29) is 29.9 Å². The Balaban J connectivity index is 1.07. The van der Waals surface area contributed by atoms with Crippen LogP contribution in [0.1, 0.15) is 95.4 Å². The maximum atomic E-state index is 13.9. The molecular formula is C40H51N5O4. The summed E-state index contributed by atoms with van der Waals surface area (Å²) in [5, 5.41) is 7.50. The third kappa shape index (κ3) is 7.83. The standard InChI is InChI=1S/C40H51N5O4/c1-40(14-15-40)32-8-10-35-31(23-32)22-30-21-29(7-9-34(30)42-35)39(48)43-36(13-18-45-16-11-26(12-17-45)19-37(46)49-3)27-5-4-6-28(20-27)38(47)41-33-24-44(2)25-33/h4-7,9,20-22,26,32-33,36H,8,10-19,23-25H2,1-3H3,(H,41,47)(H,43,48). The molecule has 4 aliphatic rings. The summed E-state index contributed by atoms with van der Waals surface area (Å²) in [5.41, 5.74) is 6.13. The van der Waals surface area contributed by atoms with Crippen molar-refractivity contribution in [1.29, 1.82) is 0 Å². The molecule has 49 heavy (non-hydrogen) atoms. The van der Waals surface area contributed by atoms with E-state index in [9.17, 15) is 14.4 Å². The van der Waals surface area contributed by atoms with E-state index in [0.717, 1.165) is 80.8 Å². The van der Waals surface area contributed by atoms with Crippen molar-refractivity contribution >= 4 is 28.7 Å². The number of nitrogens with one attached hydrogen (secondary N) is 2. The molecule has 2 atom stereocenters. The van der Waals surface area contributed by atoms with Gasteiger partial charge in [-0.25, -0.2) is 0 Å². The Labute approximate surface area is 290 Å². The summed E-state index contributed by atoms with van der Waals surface area (Å²) in [6.45, 7) is 6.74. The van der Waals surface area contributed by atoms with Crippen LogP contribution in [0.5, 0.6) is 0 Å². The van der Waals surface area contributed by atoms with Gasteiger partial charge in [0.15, 0.2) is 0 Å². The van der Waals surface area contributed by atoms with E-state index >= 15 is 0 Å². The van der Waals surface area contributed by atoms with Crippen LogP contribution in [0.2, 0.25) is 0 Å². The van der Waals surface area contributed by atoms with Crippen molar-refractivity contribution in [3.05, 3.63) is 76.5 Å². The number of benzene rings is 2. The Morgan fingerprint density at radius 2 is 1.78 bits per heavy atom. The number of methoxy groups -OCH3 is 1. The molecule has 7 rings (SSSR count). The summed E-state index contributed by atoms with van der Waals surface area (Å²) in [6.07, 6.45) is 9.07. The molecule has 3 fully saturated rings. The summed E-state index contributed by atoms with van der Waals surface area (Å²) in [4.78, 5) is 48.5. The van der Waals surface area contributed by atoms with Gasteiger partial charge < -0.3 is 25.2 Å². The highest BCUT2D eigenvalue weighted by Gasteiger charge is 2.45. The van der Waals surface area contributed by atoms with E-state index in [1.165, 1.54) is 37.6 Å². The van der Waals surface area contributed by atoms with E-state index in [0.29, 0.717) is 35.3 Å². The number of aryl methyl sites for hydroxylation is 1. The summed E-state index contributed by atoms with van der Waals surface area (Å²) >= 11 is 0.